The van der Waals surface area contributed by atoms with E-state index in [0.29, 0.717) is 18.6 Å². The molecule has 0 fully saturated rings. The number of carbonyl (C=O) groups excluding carboxylic acids is 1. The fourth-order valence-electron chi connectivity index (χ4n) is 2.20. The largest absolute Gasteiger partial charge is 0.494 e. The number of aryl methyl sites for hydroxylation is 2. The van der Waals surface area contributed by atoms with Crippen LogP contribution in [0.5, 0.6) is 5.75 Å². The van der Waals surface area contributed by atoms with Crippen LogP contribution in [0.1, 0.15) is 35.6 Å². The molecule has 0 aliphatic rings. The van der Waals surface area contributed by atoms with Crippen molar-refractivity contribution in [3.63, 3.8) is 0 Å². The van der Waals surface area contributed by atoms with Gasteiger partial charge in [0.1, 0.15) is 5.75 Å². The van der Waals surface area contributed by atoms with E-state index >= 15 is 0 Å². The third-order valence-electron chi connectivity index (χ3n) is 3.27. The number of carbonyl (C=O) groups is 1. The highest BCUT2D eigenvalue weighted by atomic mass is 79.9. The van der Waals surface area contributed by atoms with Gasteiger partial charge in [0.15, 0.2) is 5.78 Å². The topological polar surface area (TPSA) is 44.1 Å². The van der Waals surface area contributed by atoms with Gasteiger partial charge < -0.3 is 4.74 Å². The summed E-state index contributed by atoms with van der Waals surface area (Å²) in [5.41, 5.74) is 2.52. The van der Waals surface area contributed by atoms with Crippen molar-refractivity contribution >= 4 is 21.7 Å². The molecule has 112 valence electrons. The Morgan fingerprint density at radius 1 is 1.29 bits per heavy atom. The van der Waals surface area contributed by atoms with Gasteiger partial charge in [-0.2, -0.15) is 5.10 Å². The first-order valence-corrected chi connectivity index (χ1v) is 7.84. The van der Waals surface area contributed by atoms with Crippen LogP contribution in [-0.4, -0.2) is 22.2 Å². The average molecular weight is 351 g/mol. The highest BCUT2D eigenvalue weighted by Gasteiger charge is 2.16. The number of Topliss-reactive ketones (excluding diaryl/α,β-unsaturated/α-hetero) is 1. The van der Waals surface area contributed by atoms with Crippen LogP contribution in [0.3, 0.4) is 0 Å². The molecule has 0 unspecified atom stereocenters. The van der Waals surface area contributed by atoms with E-state index < -0.39 is 0 Å². The van der Waals surface area contributed by atoms with Gasteiger partial charge >= 0.3 is 0 Å². The van der Waals surface area contributed by atoms with Gasteiger partial charge in [0.05, 0.1) is 28.9 Å². The van der Waals surface area contributed by atoms with Crippen molar-refractivity contribution in [2.45, 2.75) is 33.7 Å². The van der Waals surface area contributed by atoms with E-state index in [1.165, 1.54) is 0 Å². The molecule has 0 aliphatic heterocycles. The minimum absolute atomic E-state index is 0.0772. The van der Waals surface area contributed by atoms with E-state index in [2.05, 4.69) is 21.0 Å². The number of halogens is 1. The molecule has 5 heteroatoms. The lowest BCUT2D eigenvalue weighted by Crippen LogP contribution is -2.10. The molecule has 0 saturated carbocycles. The van der Waals surface area contributed by atoms with Gasteiger partial charge in [0.25, 0.3) is 0 Å². The van der Waals surface area contributed by atoms with Gasteiger partial charge in [0, 0.05) is 12.1 Å². The third kappa shape index (κ3) is 3.53. The van der Waals surface area contributed by atoms with Crippen LogP contribution in [0.2, 0.25) is 0 Å². The van der Waals surface area contributed by atoms with E-state index in [-0.39, 0.29) is 5.78 Å². The molecule has 1 heterocycles. The molecule has 2 aromatic rings. The number of benzene rings is 1. The first-order chi connectivity index (χ1) is 10.1. The van der Waals surface area contributed by atoms with Crippen molar-refractivity contribution < 1.29 is 9.53 Å². The molecule has 0 radical (unpaired) electrons. The summed E-state index contributed by atoms with van der Waals surface area (Å²) in [5, 5.41) is 4.41. The molecule has 0 saturated heterocycles. The van der Waals surface area contributed by atoms with Crippen LogP contribution in [-0.2, 0) is 13.0 Å². The number of aromatic nitrogens is 2. The maximum absolute atomic E-state index is 12.4. The minimum atomic E-state index is 0.0772. The Kier molecular flexibility index (Phi) is 5.17. The van der Waals surface area contributed by atoms with Crippen molar-refractivity contribution in [2.75, 3.05) is 6.61 Å². The van der Waals surface area contributed by atoms with Crippen molar-refractivity contribution in [3.05, 3.63) is 45.7 Å². The summed E-state index contributed by atoms with van der Waals surface area (Å²) < 4.78 is 8.17. The molecule has 21 heavy (non-hydrogen) atoms. The Morgan fingerprint density at radius 3 is 2.52 bits per heavy atom. The third-order valence-corrected chi connectivity index (χ3v) is 4.30. The summed E-state index contributed by atoms with van der Waals surface area (Å²) in [5.74, 6) is 0.859. The Morgan fingerprint density at radius 2 is 1.95 bits per heavy atom. The summed E-state index contributed by atoms with van der Waals surface area (Å²) >= 11 is 3.52. The lowest BCUT2D eigenvalue weighted by molar-refractivity contribution is 0.0990. The lowest BCUT2D eigenvalue weighted by atomic mass is 10.1. The molecular formula is C16H19BrN2O2. The molecule has 4 nitrogen and oxygen atoms in total. The Bertz CT molecular complexity index is 632. The number of nitrogens with zero attached hydrogens (tertiary/aromatic N) is 2. The average Bonchev–Trinajstić information content (AvgIpc) is 2.76. The zero-order chi connectivity index (χ0) is 15.4. The Balaban J connectivity index is 2.18. The Labute approximate surface area is 133 Å². The van der Waals surface area contributed by atoms with Crippen LogP contribution in [0.15, 0.2) is 28.7 Å². The zero-order valence-electron chi connectivity index (χ0n) is 12.5. The number of ketones is 1. The van der Waals surface area contributed by atoms with E-state index in [9.17, 15) is 4.79 Å². The second-order valence-electron chi connectivity index (χ2n) is 4.72. The van der Waals surface area contributed by atoms with Crippen LogP contribution in [0.4, 0.5) is 0 Å². The molecule has 0 aliphatic carbocycles. The highest BCUT2D eigenvalue weighted by Crippen LogP contribution is 2.23. The number of rotatable bonds is 6. The van der Waals surface area contributed by atoms with Crippen molar-refractivity contribution in [3.8, 4) is 5.75 Å². The first-order valence-electron chi connectivity index (χ1n) is 7.04. The molecule has 0 N–H and O–H groups in total. The molecule has 0 bridgehead atoms. The molecule has 2 rings (SSSR count). The second kappa shape index (κ2) is 6.89. The maximum atomic E-state index is 12.4. The number of ether oxygens (including phenoxy) is 1. The molecule has 0 spiro atoms. The summed E-state index contributed by atoms with van der Waals surface area (Å²) in [6, 6.07) is 7.27. The molecule has 1 aromatic carbocycles. The van der Waals surface area contributed by atoms with Gasteiger partial charge in [-0.3, -0.25) is 9.48 Å². The van der Waals surface area contributed by atoms with E-state index in [0.717, 1.165) is 28.2 Å². The summed E-state index contributed by atoms with van der Waals surface area (Å²) in [6.07, 6.45) is 0.337. The molecule has 0 atom stereocenters. The second-order valence-corrected chi connectivity index (χ2v) is 5.51. The smallest absolute Gasteiger partial charge is 0.168 e. The predicted octanol–water partition coefficient (Wildman–Crippen LogP) is 3.80. The standard InChI is InChI=1S/C16H19BrN2O2/c1-4-19-14(16(17)11(3)18-19)10-15(20)12-6-8-13(9-7-12)21-5-2/h6-9H,4-5,10H2,1-3H3. The zero-order valence-corrected chi connectivity index (χ0v) is 14.1. The van der Waals surface area contributed by atoms with E-state index in [1.54, 1.807) is 12.1 Å². The molecule has 1 aromatic heterocycles. The van der Waals surface area contributed by atoms with Crippen molar-refractivity contribution in [2.24, 2.45) is 0 Å². The van der Waals surface area contributed by atoms with Gasteiger partial charge in [-0.1, -0.05) is 0 Å². The monoisotopic (exact) mass is 350 g/mol. The summed E-state index contributed by atoms with van der Waals surface area (Å²) in [7, 11) is 0. The van der Waals surface area contributed by atoms with Crippen LogP contribution < -0.4 is 4.74 Å². The SMILES string of the molecule is CCOc1ccc(C(=O)Cc2c(Br)c(C)nn2CC)cc1. The highest BCUT2D eigenvalue weighted by molar-refractivity contribution is 9.10. The van der Waals surface area contributed by atoms with Gasteiger partial charge in [0.2, 0.25) is 0 Å². The summed E-state index contributed by atoms with van der Waals surface area (Å²) in [6.45, 7) is 7.25. The first kappa shape index (κ1) is 15.8. The minimum Gasteiger partial charge on any atom is -0.494 e. The number of hydrogen-bond donors (Lipinski definition) is 0. The van der Waals surface area contributed by atoms with E-state index in [4.69, 9.17) is 4.74 Å². The lowest BCUT2D eigenvalue weighted by Gasteiger charge is -2.06. The summed E-state index contributed by atoms with van der Waals surface area (Å²) in [4.78, 5) is 12.4. The fraction of sp³-hybridized carbons (Fsp3) is 0.375. The van der Waals surface area contributed by atoms with Gasteiger partial charge in [-0.05, 0) is 61.0 Å². The van der Waals surface area contributed by atoms with Crippen LogP contribution in [0, 0.1) is 6.92 Å². The van der Waals surface area contributed by atoms with Crippen molar-refractivity contribution in [1.82, 2.24) is 9.78 Å². The Hall–Kier alpha value is -1.62. The number of hydrogen-bond acceptors (Lipinski definition) is 3. The normalized spacial score (nSPS) is 10.7. The van der Waals surface area contributed by atoms with Gasteiger partial charge in [-0.25, -0.2) is 0 Å². The fourth-order valence-corrected chi connectivity index (χ4v) is 2.62. The van der Waals surface area contributed by atoms with Crippen LogP contribution >= 0.6 is 15.9 Å². The predicted molar refractivity (Wildman–Crippen MR) is 86.0 cm³/mol. The quantitative estimate of drug-likeness (QED) is 0.744. The molecular weight excluding hydrogens is 332 g/mol. The van der Waals surface area contributed by atoms with Crippen molar-refractivity contribution in [1.29, 1.82) is 0 Å². The van der Waals surface area contributed by atoms with Crippen LogP contribution in [0.25, 0.3) is 0 Å². The maximum Gasteiger partial charge on any atom is 0.168 e. The van der Waals surface area contributed by atoms with Gasteiger partial charge in [-0.15, -0.1) is 0 Å². The molecule has 0 amide bonds. The van der Waals surface area contributed by atoms with E-state index in [1.807, 2.05) is 37.6 Å².